The average Bonchev–Trinajstić information content (AvgIpc) is 2.99. The molecule has 11 heteroatoms. The molecule has 0 aliphatic carbocycles. The van der Waals surface area contributed by atoms with Gasteiger partial charge in [0.05, 0.1) is 31.9 Å². The number of hydrogen-bond donors (Lipinski definition) is 1. The highest BCUT2D eigenvalue weighted by Crippen LogP contribution is 2.32. The molecule has 0 aliphatic heterocycles. The molecule has 0 saturated carbocycles. The lowest BCUT2D eigenvalue weighted by atomic mass is 10.1. The molecule has 3 rings (SSSR count). The van der Waals surface area contributed by atoms with E-state index in [1.807, 2.05) is 6.07 Å². The van der Waals surface area contributed by atoms with Crippen molar-refractivity contribution in [2.75, 3.05) is 39.2 Å². The fraction of sp³-hybridized carbons (Fsp3) is 0.310. The van der Waals surface area contributed by atoms with Gasteiger partial charge >= 0.3 is 0 Å². The quantitative estimate of drug-likeness (QED) is 0.335. The molecule has 0 aliphatic rings. The van der Waals surface area contributed by atoms with Crippen LogP contribution in [-0.4, -0.2) is 66.1 Å². The summed E-state index contributed by atoms with van der Waals surface area (Å²) in [6, 6.07) is 18.9. The van der Waals surface area contributed by atoms with Gasteiger partial charge in [-0.3, -0.25) is 13.9 Å². The number of benzene rings is 3. The van der Waals surface area contributed by atoms with Crippen molar-refractivity contribution >= 4 is 27.5 Å². The van der Waals surface area contributed by atoms with E-state index in [4.69, 9.17) is 14.2 Å². The van der Waals surface area contributed by atoms with Crippen LogP contribution >= 0.6 is 0 Å². The number of likely N-dealkylation sites (N-methyl/N-ethyl adjacent to an activating group) is 1. The molecule has 0 aromatic heterocycles. The van der Waals surface area contributed by atoms with Crippen molar-refractivity contribution in [1.82, 2.24) is 10.2 Å². The van der Waals surface area contributed by atoms with Crippen molar-refractivity contribution in [1.29, 1.82) is 0 Å². The van der Waals surface area contributed by atoms with Gasteiger partial charge in [0, 0.05) is 19.7 Å². The maximum Gasteiger partial charge on any atom is 0.264 e. The molecular weight excluding hydrogens is 534 g/mol. The van der Waals surface area contributed by atoms with Crippen LogP contribution in [0.5, 0.6) is 17.2 Å². The van der Waals surface area contributed by atoms with Crippen molar-refractivity contribution in [2.24, 2.45) is 0 Å². The van der Waals surface area contributed by atoms with Gasteiger partial charge in [-0.2, -0.15) is 0 Å². The molecule has 0 heterocycles. The first-order chi connectivity index (χ1) is 19.2. The van der Waals surface area contributed by atoms with Gasteiger partial charge in [-0.1, -0.05) is 37.3 Å². The lowest BCUT2D eigenvalue weighted by molar-refractivity contribution is -0.140. The lowest BCUT2D eigenvalue weighted by Crippen LogP contribution is -2.51. The van der Waals surface area contributed by atoms with Crippen LogP contribution < -0.4 is 23.8 Å². The van der Waals surface area contributed by atoms with Gasteiger partial charge < -0.3 is 24.4 Å². The minimum absolute atomic E-state index is 0.0704. The molecule has 40 heavy (non-hydrogen) atoms. The van der Waals surface area contributed by atoms with Crippen LogP contribution in [0.1, 0.15) is 18.9 Å². The predicted molar refractivity (Wildman–Crippen MR) is 152 cm³/mol. The molecule has 2 amide bonds. The van der Waals surface area contributed by atoms with Crippen molar-refractivity contribution in [2.45, 2.75) is 30.8 Å². The highest BCUT2D eigenvalue weighted by Gasteiger charge is 2.33. The maximum absolute atomic E-state index is 14.0. The Morgan fingerprint density at radius 1 is 0.875 bits per heavy atom. The SMILES string of the molecule is CCC(C(=O)NC)N(Cc1cccc(OC)c1)C(=O)CN(c1ccccc1)S(=O)(=O)c1ccc(OC)c(OC)c1. The topological polar surface area (TPSA) is 114 Å². The Bertz CT molecular complexity index is 1410. The number of methoxy groups -OCH3 is 3. The van der Waals surface area contributed by atoms with Crippen LogP contribution in [0.25, 0.3) is 0 Å². The van der Waals surface area contributed by atoms with Crippen LogP contribution in [0.2, 0.25) is 0 Å². The summed E-state index contributed by atoms with van der Waals surface area (Å²) in [4.78, 5) is 28.1. The van der Waals surface area contributed by atoms with Gasteiger partial charge in [0.15, 0.2) is 11.5 Å². The largest absolute Gasteiger partial charge is 0.497 e. The summed E-state index contributed by atoms with van der Waals surface area (Å²) in [6.07, 6.45) is 0.323. The zero-order chi connectivity index (χ0) is 29.3. The third-order valence-corrected chi connectivity index (χ3v) is 8.16. The van der Waals surface area contributed by atoms with E-state index in [0.717, 1.165) is 9.87 Å². The first kappa shape index (κ1) is 30.3. The number of amides is 2. The number of carbonyl (C=O) groups is 2. The molecule has 0 fully saturated rings. The summed E-state index contributed by atoms with van der Waals surface area (Å²) in [6.45, 7) is 1.32. The van der Waals surface area contributed by atoms with E-state index < -0.39 is 28.5 Å². The van der Waals surface area contributed by atoms with Gasteiger partial charge in [0.25, 0.3) is 10.0 Å². The number of nitrogens with zero attached hydrogens (tertiary/aromatic N) is 2. The number of anilines is 1. The summed E-state index contributed by atoms with van der Waals surface area (Å²) in [7, 11) is 1.65. The Balaban J connectivity index is 2.07. The van der Waals surface area contributed by atoms with Gasteiger partial charge in [0.1, 0.15) is 18.3 Å². The summed E-state index contributed by atoms with van der Waals surface area (Å²) < 4.78 is 44.9. The molecule has 1 N–H and O–H groups in total. The minimum atomic E-state index is -4.25. The molecule has 1 unspecified atom stereocenters. The first-order valence-corrected chi connectivity index (χ1v) is 14.1. The zero-order valence-corrected chi connectivity index (χ0v) is 24.1. The van der Waals surface area contributed by atoms with Gasteiger partial charge in [-0.25, -0.2) is 8.42 Å². The van der Waals surface area contributed by atoms with E-state index in [-0.39, 0.29) is 23.1 Å². The Kier molecular flexibility index (Phi) is 10.4. The third-order valence-electron chi connectivity index (χ3n) is 6.39. The monoisotopic (exact) mass is 569 g/mol. The fourth-order valence-electron chi connectivity index (χ4n) is 4.28. The Morgan fingerprint density at radius 2 is 1.57 bits per heavy atom. The third kappa shape index (κ3) is 6.84. The standard InChI is InChI=1S/C29H35N3O7S/c1-6-25(29(34)30-2)31(19-21-11-10-14-23(17-21)37-3)28(33)20-32(22-12-8-7-9-13-22)40(35,36)24-15-16-26(38-4)27(18-24)39-5/h7-18,25H,6,19-20H2,1-5H3,(H,30,34). The van der Waals surface area contributed by atoms with Crippen LogP contribution in [0.15, 0.2) is 77.7 Å². The zero-order valence-electron chi connectivity index (χ0n) is 23.3. The van der Waals surface area contributed by atoms with Crippen molar-refractivity contribution in [3.63, 3.8) is 0 Å². The fourth-order valence-corrected chi connectivity index (χ4v) is 5.71. The van der Waals surface area contributed by atoms with E-state index in [1.165, 1.54) is 51.5 Å². The summed E-state index contributed by atoms with van der Waals surface area (Å²) >= 11 is 0. The van der Waals surface area contributed by atoms with E-state index in [9.17, 15) is 18.0 Å². The Morgan fingerprint density at radius 3 is 2.17 bits per heavy atom. The van der Waals surface area contributed by atoms with E-state index in [0.29, 0.717) is 23.6 Å². The molecule has 3 aromatic carbocycles. The van der Waals surface area contributed by atoms with Crippen LogP contribution in [0, 0.1) is 0 Å². The Hall–Kier alpha value is -4.25. The number of carbonyl (C=O) groups excluding carboxylic acids is 2. The summed E-state index contributed by atoms with van der Waals surface area (Å²) in [5.74, 6) is 0.289. The lowest BCUT2D eigenvalue weighted by Gasteiger charge is -2.33. The van der Waals surface area contributed by atoms with Crippen molar-refractivity contribution in [3.05, 3.63) is 78.4 Å². The predicted octanol–water partition coefficient (Wildman–Crippen LogP) is 3.46. The second-order valence-corrected chi connectivity index (χ2v) is 10.6. The second-order valence-electron chi connectivity index (χ2n) is 8.78. The molecule has 0 bridgehead atoms. The van der Waals surface area contributed by atoms with Gasteiger partial charge in [-0.15, -0.1) is 0 Å². The molecule has 0 spiro atoms. The Labute approximate surface area is 235 Å². The maximum atomic E-state index is 14.0. The normalized spacial score (nSPS) is 11.7. The van der Waals surface area contributed by atoms with Crippen molar-refractivity contribution in [3.8, 4) is 17.2 Å². The van der Waals surface area contributed by atoms with E-state index >= 15 is 0 Å². The highest BCUT2D eigenvalue weighted by atomic mass is 32.2. The number of para-hydroxylation sites is 1. The molecule has 1 atom stereocenters. The first-order valence-electron chi connectivity index (χ1n) is 12.6. The number of nitrogens with one attached hydrogen (secondary N) is 1. The summed E-state index contributed by atoms with van der Waals surface area (Å²) in [5.41, 5.74) is 1.02. The number of rotatable bonds is 13. The minimum Gasteiger partial charge on any atom is -0.497 e. The molecule has 10 nitrogen and oxygen atoms in total. The van der Waals surface area contributed by atoms with E-state index in [1.54, 1.807) is 55.5 Å². The average molecular weight is 570 g/mol. The van der Waals surface area contributed by atoms with Crippen LogP contribution in [0.3, 0.4) is 0 Å². The van der Waals surface area contributed by atoms with Gasteiger partial charge in [-0.05, 0) is 48.4 Å². The molecular formula is C29H35N3O7S. The molecule has 3 aromatic rings. The number of sulfonamides is 1. The molecule has 214 valence electrons. The summed E-state index contributed by atoms with van der Waals surface area (Å²) in [5, 5.41) is 2.61. The number of ether oxygens (including phenoxy) is 3. The van der Waals surface area contributed by atoms with Crippen LogP contribution in [0.4, 0.5) is 5.69 Å². The van der Waals surface area contributed by atoms with Crippen molar-refractivity contribution < 1.29 is 32.2 Å². The second kappa shape index (κ2) is 13.7. The molecule has 0 saturated heterocycles. The highest BCUT2D eigenvalue weighted by molar-refractivity contribution is 7.92. The van der Waals surface area contributed by atoms with Crippen LogP contribution in [-0.2, 0) is 26.2 Å². The molecule has 0 radical (unpaired) electrons. The number of hydrogen-bond acceptors (Lipinski definition) is 7. The van der Waals surface area contributed by atoms with E-state index in [2.05, 4.69) is 5.32 Å². The smallest absolute Gasteiger partial charge is 0.264 e. The van der Waals surface area contributed by atoms with Gasteiger partial charge in [0.2, 0.25) is 11.8 Å².